The summed E-state index contributed by atoms with van der Waals surface area (Å²) in [5.41, 5.74) is -0.828. The zero-order chi connectivity index (χ0) is 23.7. The molecule has 3 rings (SSSR count). The van der Waals surface area contributed by atoms with Crippen molar-refractivity contribution in [1.29, 1.82) is 0 Å². The molecule has 168 valence electrons. The number of nitrogens with one attached hydrogen (secondary N) is 2. The Labute approximate surface area is 185 Å². The van der Waals surface area contributed by atoms with Crippen LogP contribution in [0, 0.1) is 6.92 Å². The van der Waals surface area contributed by atoms with Crippen LogP contribution < -0.4 is 5.56 Å². The molecule has 0 radical (unpaired) electrons. The fourth-order valence-electron chi connectivity index (χ4n) is 2.73. The van der Waals surface area contributed by atoms with Crippen molar-refractivity contribution in [2.75, 3.05) is 0 Å². The van der Waals surface area contributed by atoms with E-state index < -0.39 is 35.6 Å². The van der Waals surface area contributed by atoms with Crippen molar-refractivity contribution in [1.82, 2.24) is 10.2 Å². The number of aromatic amines is 2. The van der Waals surface area contributed by atoms with Crippen LogP contribution in [0.4, 0.5) is 17.1 Å². The number of aromatic nitrogens is 2. The number of aryl methyl sites for hydroxylation is 1. The molecule has 0 spiro atoms. The van der Waals surface area contributed by atoms with Gasteiger partial charge in [-0.15, -0.1) is 10.2 Å². The van der Waals surface area contributed by atoms with Crippen LogP contribution in [-0.4, -0.2) is 36.1 Å². The topological polar surface area (TPSA) is 207 Å². The van der Waals surface area contributed by atoms with Gasteiger partial charge in [-0.25, -0.2) is 0 Å². The van der Waals surface area contributed by atoms with E-state index in [0.717, 1.165) is 24.3 Å². The van der Waals surface area contributed by atoms with Crippen LogP contribution >= 0.6 is 11.8 Å². The van der Waals surface area contributed by atoms with E-state index in [4.69, 9.17) is 11.8 Å². The summed E-state index contributed by atoms with van der Waals surface area (Å²) in [6.45, 7) is 1.56. The number of nitrogens with zero attached hydrogens (tertiary/aromatic N) is 4. The summed E-state index contributed by atoms with van der Waals surface area (Å²) < 4.78 is 70.1. The second-order valence-electron chi connectivity index (χ2n) is 6.24. The van der Waals surface area contributed by atoms with E-state index in [2.05, 4.69) is 30.2 Å². The highest BCUT2D eigenvalue weighted by atomic mass is 35.5. The highest BCUT2D eigenvalue weighted by Crippen LogP contribution is 2.37. The molecule has 32 heavy (non-hydrogen) atoms. The van der Waals surface area contributed by atoms with Crippen molar-refractivity contribution in [3.63, 3.8) is 0 Å². The second kappa shape index (κ2) is 8.71. The lowest BCUT2D eigenvalue weighted by Crippen LogP contribution is -2.05. The molecule has 0 saturated heterocycles. The summed E-state index contributed by atoms with van der Waals surface area (Å²) in [6, 6.07) is 6.67. The number of H-pyrrole nitrogens is 2. The fraction of sp³-hybridized carbons (Fsp3) is 0.0625. The van der Waals surface area contributed by atoms with E-state index in [1.807, 2.05) is 0 Å². The number of benzene rings is 2. The third-order valence-electron chi connectivity index (χ3n) is 4.13. The summed E-state index contributed by atoms with van der Waals surface area (Å²) in [5, 5.41) is 15.8. The third kappa shape index (κ3) is 4.97. The molecule has 13 nitrogen and oxygen atoms in total. The summed E-state index contributed by atoms with van der Waals surface area (Å²) in [6.07, 6.45) is 0. The van der Waals surface area contributed by atoms with Gasteiger partial charge in [-0.2, -0.15) is 21.9 Å². The lowest BCUT2D eigenvalue weighted by molar-refractivity contribution is 0.480. The van der Waals surface area contributed by atoms with Gasteiger partial charge in [0.1, 0.15) is 9.79 Å². The standard InChI is InChI=1S/C16H13ClN6O7S2/c1-8-15(16(24)22-18-8)21-19-9-2-4-11(13(6-9)31(25,26)27)12-5-3-10(20-23-17)7-14(12)32(28,29)30/h2-7H,1H3,(H2,18,22,24)(H,25,26,27)(H,28,29,30). The molecule has 0 fully saturated rings. The molecule has 0 aliphatic rings. The molecular formula is C16H13ClN6O7S2. The number of azo groups is 1. The highest BCUT2D eigenvalue weighted by Gasteiger charge is 2.24. The van der Waals surface area contributed by atoms with Gasteiger partial charge in [0.15, 0.2) is 5.69 Å². The van der Waals surface area contributed by atoms with Gasteiger partial charge in [-0.05, 0) is 31.2 Å². The van der Waals surface area contributed by atoms with Crippen LogP contribution in [0.3, 0.4) is 0 Å². The minimum atomic E-state index is -4.89. The van der Waals surface area contributed by atoms with Gasteiger partial charge in [-0.1, -0.05) is 16.8 Å². The van der Waals surface area contributed by atoms with Gasteiger partial charge in [0.2, 0.25) is 0 Å². The van der Waals surface area contributed by atoms with Crippen molar-refractivity contribution in [2.24, 2.45) is 20.0 Å². The van der Waals surface area contributed by atoms with E-state index in [0.29, 0.717) is 5.69 Å². The fourth-order valence-corrected chi connectivity index (χ4v) is 4.27. The first-order valence-electron chi connectivity index (χ1n) is 8.36. The average Bonchev–Trinajstić information content (AvgIpc) is 3.03. The SMILES string of the molecule is Cc1[nH][nH]c(=O)c1N=Nc1ccc(-c2ccc(N=NCl)cc2S(=O)(=O)O)c(S(=O)(=O)O)c1. The number of rotatable bonds is 6. The minimum absolute atomic E-state index is 0.0395. The number of hydrogen-bond donors (Lipinski definition) is 4. The van der Waals surface area contributed by atoms with Gasteiger partial charge in [-0.3, -0.25) is 19.0 Å². The van der Waals surface area contributed by atoms with Crippen molar-refractivity contribution in [3.05, 3.63) is 52.4 Å². The summed E-state index contributed by atoms with van der Waals surface area (Å²) >= 11 is 5.14. The molecule has 1 heterocycles. The van der Waals surface area contributed by atoms with Crippen LogP contribution in [0.2, 0.25) is 0 Å². The van der Waals surface area contributed by atoms with E-state index in [9.17, 15) is 30.7 Å². The van der Waals surface area contributed by atoms with Crippen molar-refractivity contribution in [2.45, 2.75) is 16.7 Å². The first-order chi connectivity index (χ1) is 14.9. The predicted octanol–water partition coefficient (Wildman–Crippen LogP) is 3.82. The Morgan fingerprint density at radius 2 is 1.31 bits per heavy atom. The summed E-state index contributed by atoms with van der Waals surface area (Å²) in [7, 11) is -9.74. The number of hydrogen-bond acceptors (Lipinski definition) is 9. The molecule has 0 bridgehead atoms. The quantitative estimate of drug-likeness (QED) is 0.290. The van der Waals surface area contributed by atoms with E-state index in [1.165, 1.54) is 12.1 Å². The van der Waals surface area contributed by atoms with Crippen LogP contribution in [0.15, 0.2) is 71.0 Å². The lowest BCUT2D eigenvalue weighted by Gasteiger charge is -2.12. The van der Waals surface area contributed by atoms with Gasteiger partial charge < -0.3 is 5.10 Å². The molecule has 0 aliphatic carbocycles. The molecule has 2 aromatic carbocycles. The maximum absolute atomic E-state index is 12.0. The zero-order valence-electron chi connectivity index (χ0n) is 15.9. The first kappa shape index (κ1) is 23.4. The van der Waals surface area contributed by atoms with Gasteiger partial charge in [0.05, 0.1) is 28.8 Å². The molecule has 0 aliphatic heterocycles. The second-order valence-corrected chi connectivity index (χ2v) is 9.17. The van der Waals surface area contributed by atoms with Gasteiger partial charge in [0.25, 0.3) is 25.8 Å². The average molecular weight is 501 g/mol. The Kier molecular flexibility index (Phi) is 6.38. The Hall–Kier alpha value is -3.24. The molecule has 0 amide bonds. The van der Waals surface area contributed by atoms with Crippen LogP contribution in [0.5, 0.6) is 0 Å². The summed E-state index contributed by atoms with van der Waals surface area (Å²) in [4.78, 5) is 10.2. The van der Waals surface area contributed by atoms with Crippen LogP contribution in [0.1, 0.15) is 5.69 Å². The van der Waals surface area contributed by atoms with Crippen molar-refractivity contribution >= 4 is 49.1 Å². The Balaban J connectivity index is 2.22. The highest BCUT2D eigenvalue weighted by molar-refractivity contribution is 7.86. The molecule has 4 N–H and O–H groups in total. The van der Waals surface area contributed by atoms with Crippen LogP contribution in [-0.2, 0) is 20.2 Å². The summed E-state index contributed by atoms with van der Waals surface area (Å²) in [5.74, 6) is 0. The zero-order valence-corrected chi connectivity index (χ0v) is 18.3. The van der Waals surface area contributed by atoms with E-state index in [-0.39, 0.29) is 28.2 Å². The number of halogens is 1. The van der Waals surface area contributed by atoms with Crippen molar-refractivity contribution in [3.8, 4) is 11.1 Å². The van der Waals surface area contributed by atoms with Crippen molar-refractivity contribution < 1.29 is 25.9 Å². The monoisotopic (exact) mass is 500 g/mol. The van der Waals surface area contributed by atoms with Crippen LogP contribution in [0.25, 0.3) is 11.1 Å². The molecular weight excluding hydrogens is 488 g/mol. The minimum Gasteiger partial charge on any atom is -0.300 e. The maximum Gasteiger partial charge on any atom is 0.295 e. The first-order valence-corrected chi connectivity index (χ1v) is 11.6. The predicted molar refractivity (Wildman–Crippen MR) is 112 cm³/mol. The molecule has 16 heteroatoms. The Morgan fingerprint density at radius 1 is 0.812 bits per heavy atom. The maximum atomic E-state index is 12.0. The third-order valence-corrected chi connectivity index (χ3v) is 5.99. The lowest BCUT2D eigenvalue weighted by atomic mass is 10.0. The smallest absolute Gasteiger partial charge is 0.295 e. The molecule has 0 saturated carbocycles. The largest absolute Gasteiger partial charge is 0.300 e. The normalized spacial score (nSPS) is 12.8. The van der Waals surface area contributed by atoms with E-state index in [1.54, 1.807) is 6.92 Å². The molecule has 1 aromatic heterocycles. The Morgan fingerprint density at radius 3 is 1.72 bits per heavy atom. The van der Waals surface area contributed by atoms with Gasteiger partial charge >= 0.3 is 0 Å². The van der Waals surface area contributed by atoms with E-state index >= 15 is 0 Å². The molecule has 0 atom stereocenters. The molecule has 3 aromatic rings. The molecule has 0 unspecified atom stereocenters. The Bertz CT molecular complexity index is 1520. The van der Waals surface area contributed by atoms with Gasteiger partial charge in [0, 0.05) is 11.1 Å².